The molecule has 3 nitrogen and oxygen atoms in total. The monoisotopic (exact) mass is 307 g/mol. The molecule has 0 N–H and O–H groups in total. The van der Waals surface area contributed by atoms with Gasteiger partial charge in [-0.15, -0.1) is 0 Å². The van der Waals surface area contributed by atoms with Crippen LogP contribution in [-0.2, 0) is 0 Å². The van der Waals surface area contributed by atoms with Crippen molar-refractivity contribution in [2.45, 2.75) is 13.8 Å². The molecular formula is C18H14ClN3. The highest BCUT2D eigenvalue weighted by Crippen LogP contribution is 2.27. The van der Waals surface area contributed by atoms with E-state index in [2.05, 4.69) is 11.2 Å². The van der Waals surface area contributed by atoms with Crippen molar-refractivity contribution in [1.29, 1.82) is 5.26 Å². The minimum absolute atomic E-state index is 0.393. The predicted molar refractivity (Wildman–Crippen MR) is 88.2 cm³/mol. The van der Waals surface area contributed by atoms with Crippen LogP contribution in [0.15, 0.2) is 48.5 Å². The summed E-state index contributed by atoms with van der Waals surface area (Å²) in [7, 11) is 0. The third-order valence-electron chi connectivity index (χ3n) is 3.52. The maximum absolute atomic E-state index is 9.18. The zero-order chi connectivity index (χ0) is 15.7. The van der Waals surface area contributed by atoms with Crippen LogP contribution in [-0.4, -0.2) is 9.78 Å². The van der Waals surface area contributed by atoms with Gasteiger partial charge in [0.2, 0.25) is 0 Å². The summed E-state index contributed by atoms with van der Waals surface area (Å²) in [6.07, 6.45) is 0. The molecule has 1 aromatic heterocycles. The number of rotatable bonds is 2. The first kappa shape index (κ1) is 14.4. The van der Waals surface area contributed by atoms with Gasteiger partial charge in [0, 0.05) is 16.7 Å². The second kappa shape index (κ2) is 5.67. The van der Waals surface area contributed by atoms with Crippen molar-refractivity contribution in [1.82, 2.24) is 9.78 Å². The van der Waals surface area contributed by atoms with E-state index < -0.39 is 0 Å². The fraction of sp³-hybridized carbons (Fsp3) is 0.111. The minimum Gasteiger partial charge on any atom is -0.232 e. The van der Waals surface area contributed by atoms with Gasteiger partial charge < -0.3 is 0 Å². The first-order valence-electron chi connectivity index (χ1n) is 6.92. The Morgan fingerprint density at radius 1 is 1.09 bits per heavy atom. The van der Waals surface area contributed by atoms with Gasteiger partial charge in [0.1, 0.15) is 6.07 Å². The molecule has 0 radical (unpaired) electrons. The molecule has 0 amide bonds. The van der Waals surface area contributed by atoms with E-state index in [9.17, 15) is 5.26 Å². The second-order valence-electron chi connectivity index (χ2n) is 5.24. The van der Waals surface area contributed by atoms with Crippen molar-refractivity contribution in [3.63, 3.8) is 0 Å². The molecule has 0 fully saturated rings. The number of hydrogen-bond acceptors (Lipinski definition) is 2. The molecule has 0 aliphatic heterocycles. The molecule has 2 aromatic carbocycles. The molecule has 22 heavy (non-hydrogen) atoms. The van der Waals surface area contributed by atoms with Crippen LogP contribution < -0.4 is 0 Å². The molecule has 4 heteroatoms. The Balaban J connectivity index is 2.21. The standard InChI is InChI=1S/C18H14ClN3/c1-12-4-3-5-16(8-12)22-18(10-15(11-20)21-22)14-6-7-17(19)13(2)9-14/h3-10H,1-2H3. The summed E-state index contributed by atoms with van der Waals surface area (Å²) in [4.78, 5) is 0. The van der Waals surface area contributed by atoms with Gasteiger partial charge in [-0.25, -0.2) is 4.68 Å². The van der Waals surface area contributed by atoms with E-state index >= 15 is 0 Å². The Morgan fingerprint density at radius 3 is 2.59 bits per heavy atom. The Morgan fingerprint density at radius 2 is 1.91 bits per heavy atom. The van der Waals surface area contributed by atoms with Gasteiger partial charge in [0.15, 0.2) is 5.69 Å². The molecule has 3 rings (SSSR count). The van der Waals surface area contributed by atoms with Gasteiger partial charge in [-0.05, 0) is 49.2 Å². The Hall–Kier alpha value is -2.57. The van der Waals surface area contributed by atoms with Gasteiger partial charge in [-0.2, -0.15) is 10.4 Å². The summed E-state index contributed by atoms with van der Waals surface area (Å²) < 4.78 is 1.80. The third-order valence-corrected chi connectivity index (χ3v) is 3.95. The molecular weight excluding hydrogens is 294 g/mol. The predicted octanol–water partition coefficient (Wildman–Crippen LogP) is 4.68. The average molecular weight is 308 g/mol. The van der Waals surface area contributed by atoms with E-state index in [1.807, 2.05) is 56.3 Å². The summed E-state index contributed by atoms with van der Waals surface area (Å²) in [6, 6.07) is 17.8. The highest BCUT2D eigenvalue weighted by molar-refractivity contribution is 6.31. The maximum atomic E-state index is 9.18. The van der Waals surface area contributed by atoms with E-state index in [-0.39, 0.29) is 0 Å². The second-order valence-corrected chi connectivity index (χ2v) is 5.65. The van der Waals surface area contributed by atoms with Crippen LogP contribution in [0.2, 0.25) is 5.02 Å². The van der Waals surface area contributed by atoms with E-state index in [1.165, 1.54) is 0 Å². The highest BCUT2D eigenvalue weighted by Gasteiger charge is 2.12. The zero-order valence-corrected chi connectivity index (χ0v) is 13.1. The van der Waals surface area contributed by atoms with Crippen LogP contribution in [0.4, 0.5) is 0 Å². The number of aromatic nitrogens is 2. The summed E-state index contributed by atoms with van der Waals surface area (Å²) in [5.74, 6) is 0. The highest BCUT2D eigenvalue weighted by atomic mass is 35.5. The lowest BCUT2D eigenvalue weighted by Gasteiger charge is -2.09. The molecule has 0 unspecified atom stereocenters. The van der Waals surface area contributed by atoms with Crippen molar-refractivity contribution in [3.05, 3.63) is 70.4 Å². The van der Waals surface area contributed by atoms with E-state index in [0.717, 1.165) is 33.1 Å². The molecule has 0 bridgehead atoms. The van der Waals surface area contributed by atoms with Crippen LogP contribution in [0.25, 0.3) is 16.9 Å². The zero-order valence-electron chi connectivity index (χ0n) is 12.3. The van der Waals surface area contributed by atoms with Crippen LogP contribution in [0, 0.1) is 25.2 Å². The largest absolute Gasteiger partial charge is 0.232 e. The first-order valence-corrected chi connectivity index (χ1v) is 7.30. The summed E-state index contributed by atoms with van der Waals surface area (Å²) in [6.45, 7) is 3.99. The normalized spacial score (nSPS) is 10.5. The molecule has 1 heterocycles. The van der Waals surface area contributed by atoms with Gasteiger partial charge in [0.25, 0.3) is 0 Å². The number of halogens is 1. The molecule has 0 saturated heterocycles. The molecule has 0 saturated carbocycles. The number of benzene rings is 2. The van der Waals surface area contributed by atoms with Gasteiger partial charge >= 0.3 is 0 Å². The first-order chi connectivity index (χ1) is 10.6. The number of hydrogen-bond donors (Lipinski definition) is 0. The van der Waals surface area contributed by atoms with Crippen molar-refractivity contribution in [3.8, 4) is 23.0 Å². The van der Waals surface area contributed by atoms with Crippen molar-refractivity contribution in [2.75, 3.05) is 0 Å². The summed E-state index contributed by atoms with van der Waals surface area (Å²) in [5, 5.41) is 14.3. The van der Waals surface area contributed by atoms with Crippen LogP contribution in [0.5, 0.6) is 0 Å². The topological polar surface area (TPSA) is 41.6 Å². The molecule has 0 spiro atoms. The molecule has 3 aromatic rings. The SMILES string of the molecule is Cc1cccc(-n2nc(C#N)cc2-c2ccc(Cl)c(C)c2)c1. The minimum atomic E-state index is 0.393. The maximum Gasteiger partial charge on any atom is 0.163 e. The van der Waals surface area contributed by atoms with Crippen molar-refractivity contribution in [2.24, 2.45) is 0 Å². The molecule has 0 atom stereocenters. The lowest BCUT2D eigenvalue weighted by molar-refractivity contribution is 0.879. The molecule has 108 valence electrons. The Kier molecular flexibility index (Phi) is 3.70. The third kappa shape index (κ3) is 2.61. The van der Waals surface area contributed by atoms with Gasteiger partial charge in [-0.3, -0.25) is 0 Å². The number of nitrogens with zero attached hydrogens (tertiary/aromatic N) is 3. The van der Waals surface area contributed by atoms with Crippen LogP contribution in [0.3, 0.4) is 0 Å². The lowest BCUT2D eigenvalue weighted by Crippen LogP contribution is -1.99. The fourth-order valence-corrected chi connectivity index (χ4v) is 2.52. The lowest BCUT2D eigenvalue weighted by atomic mass is 10.1. The molecule has 0 aliphatic carbocycles. The van der Waals surface area contributed by atoms with E-state index in [0.29, 0.717) is 5.69 Å². The summed E-state index contributed by atoms with van der Waals surface area (Å²) in [5.41, 5.74) is 5.33. The number of aryl methyl sites for hydroxylation is 2. The van der Waals surface area contributed by atoms with E-state index in [4.69, 9.17) is 11.6 Å². The Bertz CT molecular complexity index is 888. The van der Waals surface area contributed by atoms with Crippen LogP contribution in [0.1, 0.15) is 16.8 Å². The van der Waals surface area contributed by atoms with Crippen molar-refractivity contribution >= 4 is 11.6 Å². The molecule has 0 aliphatic rings. The van der Waals surface area contributed by atoms with Crippen molar-refractivity contribution < 1.29 is 0 Å². The average Bonchev–Trinajstić information content (AvgIpc) is 2.94. The fourth-order valence-electron chi connectivity index (χ4n) is 2.40. The smallest absolute Gasteiger partial charge is 0.163 e. The quantitative estimate of drug-likeness (QED) is 0.689. The van der Waals surface area contributed by atoms with E-state index in [1.54, 1.807) is 10.7 Å². The number of nitriles is 1. The van der Waals surface area contributed by atoms with Gasteiger partial charge in [-0.1, -0.05) is 29.8 Å². The Labute approximate surface area is 134 Å². The van der Waals surface area contributed by atoms with Gasteiger partial charge in [0.05, 0.1) is 11.4 Å². The van der Waals surface area contributed by atoms with Crippen LogP contribution >= 0.6 is 11.6 Å². The summed E-state index contributed by atoms with van der Waals surface area (Å²) >= 11 is 6.10.